The Morgan fingerprint density at radius 1 is 1.26 bits per heavy atom. The first-order valence-electron chi connectivity index (χ1n) is 6.32. The molecule has 1 aromatic carbocycles. The molecule has 2 nitrogen and oxygen atoms in total. The smallest absolute Gasteiger partial charge is 0.0604 e. The van der Waals surface area contributed by atoms with Crippen LogP contribution >= 0.6 is 27.3 Å². The zero-order valence-electron chi connectivity index (χ0n) is 11.4. The minimum Gasteiger partial charge on any atom is -0.366 e. The molecule has 19 heavy (non-hydrogen) atoms. The van der Waals surface area contributed by atoms with Gasteiger partial charge in [-0.15, -0.1) is 11.3 Å². The van der Waals surface area contributed by atoms with Crippen molar-refractivity contribution in [3.8, 4) is 0 Å². The third-order valence-electron chi connectivity index (χ3n) is 3.41. The van der Waals surface area contributed by atoms with Crippen LogP contribution < -0.4 is 10.6 Å². The summed E-state index contributed by atoms with van der Waals surface area (Å²) < 4.78 is 1.09. The molecule has 0 bridgehead atoms. The number of anilines is 1. The number of nitrogens with two attached hydrogens (primary N) is 1. The third-order valence-corrected chi connectivity index (χ3v) is 5.09. The summed E-state index contributed by atoms with van der Waals surface area (Å²) in [4.78, 5) is 3.65. The van der Waals surface area contributed by atoms with Crippen LogP contribution in [0.5, 0.6) is 0 Å². The van der Waals surface area contributed by atoms with Gasteiger partial charge in [0, 0.05) is 22.4 Å². The molecule has 102 valence electrons. The predicted octanol–water partition coefficient (Wildman–Crippen LogP) is 4.73. The van der Waals surface area contributed by atoms with E-state index in [0.29, 0.717) is 6.04 Å². The molecule has 1 unspecified atom stereocenters. The van der Waals surface area contributed by atoms with Gasteiger partial charge in [0.1, 0.15) is 0 Å². The molecular formula is C15H19BrN2S. The fourth-order valence-electron chi connectivity index (χ4n) is 2.02. The summed E-state index contributed by atoms with van der Waals surface area (Å²) in [5.41, 5.74) is 8.24. The van der Waals surface area contributed by atoms with Gasteiger partial charge in [-0.2, -0.15) is 0 Å². The first kappa shape index (κ1) is 14.6. The minimum atomic E-state index is 0.0605. The second-order valence-corrected chi connectivity index (χ2v) is 6.64. The molecule has 4 heteroatoms. The molecule has 2 atom stereocenters. The molecule has 0 aliphatic rings. The van der Waals surface area contributed by atoms with Crippen LogP contribution in [0.15, 0.2) is 40.2 Å². The first-order valence-corrected chi connectivity index (χ1v) is 7.99. The van der Waals surface area contributed by atoms with Crippen LogP contribution in [0.25, 0.3) is 0 Å². The Bertz CT molecular complexity index is 537. The molecule has 1 heterocycles. The monoisotopic (exact) mass is 338 g/mol. The van der Waals surface area contributed by atoms with Gasteiger partial charge < -0.3 is 10.6 Å². The fraction of sp³-hybridized carbons (Fsp3) is 0.333. The maximum Gasteiger partial charge on any atom is 0.0604 e. The number of hydrogen-bond acceptors (Lipinski definition) is 3. The molecule has 0 spiro atoms. The van der Waals surface area contributed by atoms with Gasteiger partial charge in [-0.1, -0.05) is 12.1 Å². The maximum atomic E-state index is 5.91. The summed E-state index contributed by atoms with van der Waals surface area (Å²) in [6.45, 7) is 4.22. The Labute approximate surface area is 127 Å². The van der Waals surface area contributed by atoms with Crippen LogP contribution in [0, 0.1) is 0 Å². The molecule has 0 fully saturated rings. The van der Waals surface area contributed by atoms with Crippen molar-refractivity contribution in [2.75, 3.05) is 11.9 Å². The molecule has 0 amide bonds. The highest BCUT2D eigenvalue weighted by atomic mass is 79.9. The van der Waals surface area contributed by atoms with Crippen LogP contribution in [0.2, 0.25) is 0 Å². The standard InChI is InChI=1S/C15H19BrN2S/c1-10(17)12-6-7-14(13(16)9-12)18(3)11(2)15-5-4-8-19-15/h4-11H,17H2,1-3H3/t10-,11?/m1/s1. The van der Waals surface area contributed by atoms with Crippen molar-refractivity contribution < 1.29 is 0 Å². The highest BCUT2D eigenvalue weighted by molar-refractivity contribution is 9.10. The van der Waals surface area contributed by atoms with Crippen LogP contribution in [0.1, 0.15) is 36.4 Å². The normalized spacial score (nSPS) is 14.2. The topological polar surface area (TPSA) is 29.3 Å². The van der Waals surface area contributed by atoms with Crippen molar-refractivity contribution in [1.29, 1.82) is 0 Å². The third kappa shape index (κ3) is 3.19. The number of rotatable bonds is 4. The quantitative estimate of drug-likeness (QED) is 0.873. The highest BCUT2D eigenvalue weighted by Gasteiger charge is 2.16. The van der Waals surface area contributed by atoms with E-state index in [1.165, 1.54) is 10.6 Å². The van der Waals surface area contributed by atoms with Gasteiger partial charge in [-0.25, -0.2) is 0 Å². The lowest BCUT2D eigenvalue weighted by molar-refractivity contribution is 0.750. The molecule has 2 N–H and O–H groups in total. The second-order valence-electron chi connectivity index (χ2n) is 4.80. The van der Waals surface area contributed by atoms with Crippen molar-refractivity contribution in [2.45, 2.75) is 25.9 Å². The van der Waals surface area contributed by atoms with E-state index in [9.17, 15) is 0 Å². The summed E-state index contributed by atoms with van der Waals surface area (Å²) in [7, 11) is 2.12. The van der Waals surface area contributed by atoms with Gasteiger partial charge in [0.2, 0.25) is 0 Å². The molecule has 0 saturated heterocycles. The lowest BCUT2D eigenvalue weighted by Crippen LogP contribution is -2.21. The average molecular weight is 339 g/mol. The fourth-order valence-corrected chi connectivity index (χ4v) is 3.52. The van der Waals surface area contributed by atoms with Crippen LogP contribution in [0.4, 0.5) is 5.69 Å². The molecular weight excluding hydrogens is 320 g/mol. The van der Waals surface area contributed by atoms with Crippen molar-refractivity contribution in [2.24, 2.45) is 5.73 Å². The Morgan fingerprint density at radius 3 is 2.53 bits per heavy atom. The average Bonchev–Trinajstić information content (AvgIpc) is 2.90. The highest BCUT2D eigenvalue weighted by Crippen LogP contribution is 2.34. The molecule has 0 aliphatic heterocycles. The van der Waals surface area contributed by atoms with E-state index in [0.717, 1.165) is 10.0 Å². The lowest BCUT2D eigenvalue weighted by atomic mass is 10.1. The van der Waals surface area contributed by atoms with Gasteiger partial charge in [-0.3, -0.25) is 0 Å². The molecule has 1 aromatic heterocycles. The SMILES string of the molecule is CC(c1cccs1)N(C)c1ccc([C@@H](C)N)cc1Br. The van der Waals surface area contributed by atoms with E-state index in [-0.39, 0.29) is 6.04 Å². The number of thiophene rings is 1. The Morgan fingerprint density at radius 2 is 2.00 bits per heavy atom. The largest absolute Gasteiger partial charge is 0.366 e. The maximum absolute atomic E-state index is 5.91. The molecule has 0 radical (unpaired) electrons. The van der Waals surface area contributed by atoms with Crippen molar-refractivity contribution >= 4 is 33.0 Å². The molecule has 2 rings (SSSR count). The Kier molecular flexibility index (Phi) is 4.66. The van der Waals surface area contributed by atoms with Gasteiger partial charge in [0.25, 0.3) is 0 Å². The van der Waals surface area contributed by atoms with Crippen LogP contribution in [-0.4, -0.2) is 7.05 Å². The summed E-state index contributed by atoms with van der Waals surface area (Å²) in [5.74, 6) is 0. The zero-order valence-corrected chi connectivity index (χ0v) is 13.8. The van der Waals surface area contributed by atoms with Gasteiger partial charge >= 0.3 is 0 Å². The summed E-state index contributed by atoms with van der Waals surface area (Å²) >= 11 is 5.44. The predicted molar refractivity (Wildman–Crippen MR) is 87.9 cm³/mol. The van der Waals surface area contributed by atoms with E-state index in [1.807, 2.05) is 6.92 Å². The Hall–Kier alpha value is -0.840. The van der Waals surface area contributed by atoms with Crippen molar-refractivity contribution in [3.05, 3.63) is 50.6 Å². The van der Waals surface area contributed by atoms with Crippen LogP contribution in [-0.2, 0) is 0 Å². The number of halogens is 1. The second kappa shape index (κ2) is 6.07. The molecule has 0 saturated carbocycles. The number of benzene rings is 1. The summed E-state index contributed by atoms with van der Waals surface area (Å²) in [6, 6.07) is 11.0. The summed E-state index contributed by atoms with van der Waals surface area (Å²) in [6.07, 6.45) is 0. The van der Waals surface area contributed by atoms with Gasteiger partial charge in [0.15, 0.2) is 0 Å². The van der Waals surface area contributed by atoms with E-state index in [2.05, 4.69) is 70.5 Å². The van der Waals surface area contributed by atoms with Gasteiger partial charge in [0.05, 0.1) is 11.7 Å². The number of nitrogens with zero attached hydrogens (tertiary/aromatic N) is 1. The van der Waals surface area contributed by atoms with E-state index in [4.69, 9.17) is 5.73 Å². The Balaban J connectivity index is 2.26. The van der Waals surface area contributed by atoms with Crippen molar-refractivity contribution in [1.82, 2.24) is 0 Å². The first-order chi connectivity index (χ1) is 9.00. The minimum absolute atomic E-state index is 0.0605. The lowest BCUT2D eigenvalue weighted by Gasteiger charge is -2.27. The zero-order chi connectivity index (χ0) is 14.0. The van der Waals surface area contributed by atoms with Crippen molar-refractivity contribution in [3.63, 3.8) is 0 Å². The van der Waals surface area contributed by atoms with E-state index in [1.54, 1.807) is 11.3 Å². The molecule has 2 aromatic rings. The van der Waals surface area contributed by atoms with E-state index >= 15 is 0 Å². The van der Waals surface area contributed by atoms with Crippen LogP contribution in [0.3, 0.4) is 0 Å². The van der Waals surface area contributed by atoms with E-state index < -0.39 is 0 Å². The van der Waals surface area contributed by atoms with Gasteiger partial charge in [-0.05, 0) is 58.9 Å². The summed E-state index contributed by atoms with van der Waals surface area (Å²) in [5, 5.41) is 2.12. The molecule has 0 aliphatic carbocycles. The number of hydrogen-bond donors (Lipinski definition) is 1.